The molecule has 5 rings (SSSR count). The highest BCUT2D eigenvalue weighted by atomic mass is 19.1. The summed E-state index contributed by atoms with van der Waals surface area (Å²) in [5.74, 6) is -4.44. The Kier molecular flexibility index (Phi) is 8.68. The number of aliphatic hydroxyl groups is 3. The zero-order valence-corrected chi connectivity index (χ0v) is 25.4. The molecule has 0 bridgehead atoms. The molecule has 13 nitrogen and oxygen atoms in total. The number of nitrogens with zero attached hydrogens (tertiary/aromatic N) is 1. The maximum absolute atomic E-state index is 17.2. The van der Waals surface area contributed by atoms with Gasteiger partial charge in [-0.1, -0.05) is 48.9 Å². The van der Waals surface area contributed by atoms with Crippen molar-refractivity contribution < 1.29 is 53.5 Å². The number of ether oxygens (including phenoxy) is 1. The number of aliphatic hydroxyl groups excluding tert-OH is 2. The maximum Gasteiger partial charge on any atom is 0.325 e. The largest absolute Gasteiger partial charge is 0.456 e. The Morgan fingerprint density at radius 2 is 1.83 bits per heavy atom. The second-order valence-electron chi connectivity index (χ2n) is 13.1. The van der Waals surface area contributed by atoms with Crippen LogP contribution < -0.4 is 5.32 Å². The van der Waals surface area contributed by atoms with Gasteiger partial charge < -0.3 is 30.2 Å². The Hall–Kier alpha value is -4.01. The van der Waals surface area contributed by atoms with Crippen LogP contribution in [0.15, 0.2) is 48.1 Å². The van der Waals surface area contributed by atoms with E-state index < -0.39 is 82.0 Å². The summed E-state index contributed by atoms with van der Waals surface area (Å²) in [6, 6.07) is 6.37. The zero-order chi connectivity index (χ0) is 33.7. The fraction of sp³-hybridized carbons (Fsp3) is 0.562. The van der Waals surface area contributed by atoms with Crippen molar-refractivity contribution in [1.82, 2.24) is 5.32 Å². The van der Waals surface area contributed by atoms with Crippen molar-refractivity contribution in [3.63, 3.8) is 0 Å². The molecule has 4 aliphatic rings. The third-order valence-electron chi connectivity index (χ3n) is 10.8. The Balaban J connectivity index is 1.23. The molecule has 1 aromatic carbocycles. The van der Waals surface area contributed by atoms with E-state index in [-0.39, 0.29) is 44.5 Å². The number of alkyl halides is 1. The number of fused-ring (bicyclic) bond motifs is 5. The molecule has 0 radical (unpaired) electrons. The maximum atomic E-state index is 17.2. The van der Waals surface area contributed by atoms with Crippen LogP contribution in [-0.2, 0) is 41.8 Å². The zero-order valence-electron chi connectivity index (χ0n) is 25.4. The van der Waals surface area contributed by atoms with E-state index in [1.54, 1.807) is 37.3 Å². The first-order chi connectivity index (χ1) is 21.6. The number of halogens is 1. The van der Waals surface area contributed by atoms with Crippen LogP contribution in [0.4, 0.5) is 4.39 Å². The number of ketones is 2. The van der Waals surface area contributed by atoms with Crippen LogP contribution >= 0.6 is 0 Å². The monoisotopic (exact) mass is 644 g/mol. The van der Waals surface area contributed by atoms with Crippen molar-refractivity contribution in [3.05, 3.63) is 69.3 Å². The van der Waals surface area contributed by atoms with E-state index in [4.69, 9.17) is 4.74 Å². The number of esters is 1. The van der Waals surface area contributed by atoms with Gasteiger partial charge in [-0.15, -0.1) is 10.1 Å². The number of benzene rings is 1. The van der Waals surface area contributed by atoms with Gasteiger partial charge in [0.2, 0.25) is 11.7 Å². The van der Waals surface area contributed by atoms with Gasteiger partial charge in [0.15, 0.2) is 23.7 Å². The van der Waals surface area contributed by atoms with E-state index in [9.17, 15) is 44.6 Å². The van der Waals surface area contributed by atoms with Crippen LogP contribution in [-0.4, -0.2) is 80.5 Å². The molecule has 2 fully saturated rings. The molecule has 4 aliphatic carbocycles. The number of Topliss-reactive ketones (excluding diaryl/α,β-unsaturated/α-hetero) is 1. The molecule has 2 saturated carbocycles. The third kappa shape index (κ3) is 5.21. The highest BCUT2D eigenvalue weighted by Gasteiger charge is 2.76. The lowest BCUT2D eigenvalue weighted by molar-refractivity contribution is -0.763. The molecule has 0 unspecified atom stereocenters. The van der Waals surface area contributed by atoms with Gasteiger partial charge in [-0.3, -0.25) is 19.2 Å². The van der Waals surface area contributed by atoms with Gasteiger partial charge in [0, 0.05) is 23.2 Å². The Bertz CT molecular complexity index is 1530. The Labute approximate surface area is 263 Å². The van der Waals surface area contributed by atoms with Crippen LogP contribution in [0.2, 0.25) is 0 Å². The van der Waals surface area contributed by atoms with Crippen molar-refractivity contribution in [2.75, 3.05) is 13.2 Å². The first kappa shape index (κ1) is 33.4. The quantitative estimate of drug-likeness (QED) is 0.124. The summed E-state index contributed by atoms with van der Waals surface area (Å²) in [5, 5.41) is 46.1. The predicted octanol–water partition coefficient (Wildman–Crippen LogP) is 1.24. The fourth-order valence-electron chi connectivity index (χ4n) is 8.34. The Morgan fingerprint density at radius 1 is 1.13 bits per heavy atom. The van der Waals surface area contributed by atoms with E-state index in [0.717, 1.165) is 0 Å². The van der Waals surface area contributed by atoms with Gasteiger partial charge in [-0.2, -0.15) is 0 Å². The predicted molar refractivity (Wildman–Crippen MR) is 156 cm³/mol. The van der Waals surface area contributed by atoms with Crippen LogP contribution in [0.3, 0.4) is 0 Å². The van der Waals surface area contributed by atoms with Crippen molar-refractivity contribution in [2.45, 2.75) is 76.0 Å². The summed E-state index contributed by atoms with van der Waals surface area (Å²) >= 11 is 0. The van der Waals surface area contributed by atoms with E-state index in [0.29, 0.717) is 16.7 Å². The summed E-state index contributed by atoms with van der Waals surface area (Å²) in [6.07, 6.45) is 0.728. The van der Waals surface area contributed by atoms with Gasteiger partial charge >= 0.3 is 5.97 Å². The first-order valence-electron chi connectivity index (χ1n) is 15.1. The van der Waals surface area contributed by atoms with Crippen molar-refractivity contribution in [1.29, 1.82) is 0 Å². The number of hydrogen-bond donors (Lipinski definition) is 4. The molecule has 14 heteroatoms. The third-order valence-corrected chi connectivity index (χ3v) is 10.8. The molecular weight excluding hydrogens is 607 g/mol. The minimum absolute atomic E-state index is 0.0309. The smallest absolute Gasteiger partial charge is 0.325 e. The van der Waals surface area contributed by atoms with Gasteiger partial charge in [-0.05, 0) is 49.3 Å². The summed E-state index contributed by atoms with van der Waals surface area (Å²) in [5.41, 5.74) is -6.06. The number of hydrogen-bond acceptors (Lipinski definition) is 11. The first-order valence-corrected chi connectivity index (χ1v) is 15.1. The highest BCUT2D eigenvalue weighted by Crippen LogP contribution is 2.69. The van der Waals surface area contributed by atoms with Crippen LogP contribution in [0, 0.1) is 32.8 Å². The number of allylic oxidation sites excluding steroid dienone is 4. The van der Waals surface area contributed by atoms with Gasteiger partial charge in [0.05, 0.1) is 18.6 Å². The molecule has 0 aromatic heterocycles. The Morgan fingerprint density at radius 3 is 2.52 bits per heavy atom. The average molecular weight is 645 g/mol. The fourth-order valence-corrected chi connectivity index (χ4v) is 8.34. The number of carbonyl (C=O) groups excluding carboxylic acids is 4. The van der Waals surface area contributed by atoms with Crippen LogP contribution in [0.25, 0.3) is 0 Å². The lowest BCUT2D eigenvalue weighted by Gasteiger charge is -2.61. The van der Waals surface area contributed by atoms with Crippen molar-refractivity contribution in [3.8, 4) is 0 Å². The molecule has 0 spiro atoms. The summed E-state index contributed by atoms with van der Waals surface area (Å²) < 4.78 is 22.3. The molecule has 0 saturated heterocycles. The summed E-state index contributed by atoms with van der Waals surface area (Å²) in [6.45, 7) is 1.21. The molecule has 4 N–H and O–H groups in total. The number of rotatable bonds is 10. The normalized spacial score (nSPS) is 36.0. The SMILES string of the molecule is C[C@]12C=CC(=O)CC1=CC[C@H]1[C@@H]3C[C@@H](O)[C@](O)(C(=O)COC(=O)CNC(=O)Cc4ccccc4CO[N+](=O)[O-])[C@@]3(C)C[C@H](O)[C@@]12F. The molecule has 8 atom stereocenters. The summed E-state index contributed by atoms with van der Waals surface area (Å²) in [4.78, 5) is 65.3. The lowest BCUT2D eigenvalue weighted by Crippen LogP contribution is -2.69. The molecule has 0 aliphatic heterocycles. The van der Waals surface area contributed by atoms with Crippen molar-refractivity contribution in [2.24, 2.45) is 22.7 Å². The molecule has 1 aromatic rings. The number of carbonyl (C=O) groups is 4. The molecular formula is C32H37FN2O11. The van der Waals surface area contributed by atoms with Crippen molar-refractivity contribution >= 4 is 23.4 Å². The summed E-state index contributed by atoms with van der Waals surface area (Å²) in [7, 11) is 0. The van der Waals surface area contributed by atoms with Crippen LogP contribution in [0.5, 0.6) is 0 Å². The van der Waals surface area contributed by atoms with Gasteiger partial charge in [0.25, 0.3) is 5.09 Å². The molecule has 46 heavy (non-hydrogen) atoms. The van der Waals surface area contributed by atoms with E-state index >= 15 is 4.39 Å². The molecule has 0 heterocycles. The van der Waals surface area contributed by atoms with E-state index in [2.05, 4.69) is 10.2 Å². The van der Waals surface area contributed by atoms with E-state index in [1.807, 2.05) is 0 Å². The topological polar surface area (TPSA) is 203 Å². The number of nitrogens with one attached hydrogen (secondary N) is 1. The van der Waals surface area contributed by atoms with Crippen LogP contribution in [0.1, 0.15) is 50.7 Å². The average Bonchev–Trinajstić information content (AvgIpc) is 3.20. The lowest BCUT2D eigenvalue weighted by atomic mass is 9.45. The van der Waals surface area contributed by atoms with E-state index in [1.165, 1.54) is 19.1 Å². The molecule has 1 amide bonds. The minimum atomic E-state index is -2.47. The second-order valence-corrected chi connectivity index (χ2v) is 13.1. The van der Waals surface area contributed by atoms with Gasteiger partial charge in [-0.25, -0.2) is 4.39 Å². The highest BCUT2D eigenvalue weighted by molar-refractivity contribution is 5.94. The second kappa shape index (κ2) is 12.0. The minimum Gasteiger partial charge on any atom is -0.456 e. The standard InChI is InChI=1S/C32H37FN2O11/c1-29-10-9-21(36)12-20(29)7-8-22-23-13-24(37)32(42,30(23,2)14-25(38)31(22,29)33)26(39)17-45-28(41)15-34-27(40)11-18-5-3-4-6-19(18)16-46-35(43)44/h3-7,9-10,22-25,37-38,42H,8,11-17H2,1-2H3,(H,34,40)/t22-,23-,24+,25-,29-,30-,31-,32-/m0/s1. The van der Waals surface area contributed by atoms with Gasteiger partial charge in [0.1, 0.15) is 13.2 Å². The molecule has 248 valence electrons. The number of amides is 1.